The number of furan rings is 1. The van der Waals surface area contributed by atoms with Crippen molar-refractivity contribution in [2.45, 2.75) is 0 Å². The van der Waals surface area contributed by atoms with E-state index in [0.717, 1.165) is 0 Å². The maximum Gasteiger partial charge on any atom is 0.269 e. The highest BCUT2D eigenvalue weighted by Gasteiger charge is 2.20. The van der Waals surface area contributed by atoms with Crippen LogP contribution in [0, 0.1) is 10.1 Å². The third-order valence-electron chi connectivity index (χ3n) is 3.31. The normalized spacial score (nSPS) is 10.9. The molecule has 116 valence electrons. The number of rotatable bonds is 3. The number of halogens is 2. The van der Waals surface area contributed by atoms with Gasteiger partial charge in [-0.25, -0.2) is 0 Å². The van der Waals surface area contributed by atoms with E-state index in [2.05, 4.69) is 31.9 Å². The number of phenols is 1. The van der Waals surface area contributed by atoms with Gasteiger partial charge in [-0.15, -0.1) is 0 Å². The zero-order valence-electron chi connectivity index (χ0n) is 11.2. The summed E-state index contributed by atoms with van der Waals surface area (Å²) in [7, 11) is 0. The molecule has 3 rings (SSSR count). The second-order valence-electron chi connectivity index (χ2n) is 4.68. The van der Waals surface area contributed by atoms with Crippen molar-refractivity contribution in [3.05, 3.63) is 66.8 Å². The summed E-state index contributed by atoms with van der Waals surface area (Å²) < 4.78 is 6.32. The Kier molecular flexibility index (Phi) is 3.95. The standard InChI is InChI=1S/C15H7Br2NO5/c16-12-11(19)5-9-10(6-23-15(9)13(12)17)14(20)7-1-3-8(4-2-7)18(21)22/h1-6,19H. The summed E-state index contributed by atoms with van der Waals surface area (Å²) in [6.07, 6.45) is 1.30. The van der Waals surface area contributed by atoms with Crippen LogP contribution >= 0.6 is 31.9 Å². The van der Waals surface area contributed by atoms with Crippen LogP contribution in [0.1, 0.15) is 15.9 Å². The molecule has 1 heterocycles. The van der Waals surface area contributed by atoms with Crippen molar-refractivity contribution in [3.8, 4) is 5.75 Å². The van der Waals surface area contributed by atoms with Crippen LogP contribution < -0.4 is 0 Å². The summed E-state index contributed by atoms with van der Waals surface area (Å²) in [4.78, 5) is 22.7. The zero-order chi connectivity index (χ0) is 16.7. The number of phenolic OH excluding ortho intramolecular Hbond substituents is 1. The second-order valence-corrected chi connectivity index (χ2v) is 6.27. The number of carbonyl (C=O) groups excluding carboxylic acids is 1. The molecule has 0 aliphatic carbocycles. The lowest BCUT2D eigenvalue weighted by Gasteiger charge is -2.02. The topological polar surface area (TPSA) is 93.6 Å². The van der Waals surface area contributed by atoms with E-state index in [0.29, 0.717) is 19.9 Å². The largest absolute Gasteiger partial charge is 0.507 e. The quantitative estimate of drug-likeness (QED) is 0.358. The number of nitrogens with zero attached hydrogens (tertiary/aromatic N) is 1. The van der Waals surface area contributed by atoms with Crippen LogP contribution in [0.25, 0.3) is 11.0 Å². The molecule has 3 aromatic rings. The molecular weight excluding hydrogens is 434 g/mol. The average molecular weight is 441 g/mol. The van der Waals surface area contributed by atoms with Gasteiger partial charge >= 0.3 is 0 Å². The number of nitro benzene ring substituents is 1. The molecule has 8 heteroatoms. The monoisotopic (exact) mass is 439 g/mol. The van der Waals surface area contributed by atoms with Gasteiger partial charge in [-0.3, -0.25) is 14.9 Å². The van der Waals surface area contributed by atoms with Crippen molar-refractivity contribution in [1.29, 1.82) is 0 Å². The predicted molar refractivity (Wildman–Crippen MR) is 89.8 cm³/mol. The molecule has 2 aromatic carbocycles. The fourth-order valence-corrected chi connectivity index (χ4v) is 2.96. The van der Waals surface area contributed by atoms with Gasteiger partial charge in [0.1, 0.15) is 17.6 Å². The summed E-state index contributed by atoms with van der Waals surface area (Å²) >= 11 is 6.50. The molecule has 0 saturated heterocycles. The molecule has 0 fully saturated rings. The number of hydrogen-bond acceptors (Lipinski definition) is 5. The van der Waals surface area contributed by atoms with Gasteiger partial charge in [0.05, 0.1) is 19.4 Å². The Labute approximate surface area is 146 Å². The Morgan fingerprint density at radius 1 is 1.17 bits per heavy atom. The van der Waals surface area contributed by atoms with Crippen LogP contribution in [0.3, 0.4) is 0 Å². The minimum Gasteiger partial charge on any atom is -0.507 e. The molecule has 0 atom stereocenters. The molecule has 0 saturated carbocycles. The molecule has 0 aliphatic rings. The van der Waals surface area contributed by atoms with Gasteiger partial charge in [-0.2, -0.15) is 0 Å². The lowest BCUT2D eigenvalue weighted by atomic mass is 10.0. The van der Waals surface area contributed by atoms with Crippen molar-refractivity contribution in [2.75, 3.05) is 0 Å². The van der Waals surface area contributed by atoms with Crippen molar-refractivity contribution >= 4 is 54.3 Å². The molecular formula is C15H7Br2NO5. The van der Waals surface area contributed by atoms with Crippen molar-refractivity contribution in [3.63, 3.8) is 0 Å². The molecule has 1 aromatic heterocycles. The van der Waals surface area contributed by atoms with Gasteiger partial charge in [0.15, 0.2) is 5.78 Å². The fraction of sp³-hybridized carbons (Fsp3) is 0. The van der Waals surface area contributed by atoms with Crippen LogP contribution in [-0.4, -0.2) is 15.8 Å². The lowest BCUT2D eigenvalue weighted by Crippen LogP contribution is -2.00. The van der Waals surface area contributed by atoms with Gasteiger partial charge in [0.2, 0.25) is 0 Å². The van der Waals surface area contributed by atoms with E-state index >= 15 is 0 Å². The molecule has 23 heavy (non-hydrogen) atoms. The highest BCUT2D eigenvalue weighted by atomic mass is 79.9. The van der Waals surface area contributed by atoms with Gasteiger partial charge in [-0.05, 0) is 50.1 Å². The summed E-state index contributed by atoms with van der Waals surface area (Å²) in [5, 5.41) is 21.0. The van der Waals surface area contributed by atoms with E-state index < -0.39 is 4.92 Å². The first-order valence-electron chi connectivity index (χ1n) is 6.27. The van der Waals surface area contributed by atoms with Crippen LogP contribution in [0.15, 0.2) is 50.0 Å². The Balaban J connectivity index is 2.09. The molecule has 6 nitrogen and oxygen atoms in total. The maximum absolute atomic E-state index is 12.6. The molecule has 0 bridgehead atoms. The highest BCUT2D eigenvalue weighted by molar-refractivity contribution is 9.13. The number of ketones is 1. The number of carbonyl (C=O) groups is 1. The Morgan fingerprint density at radius 2 is 1.83 bits per heavy atom. The van der Waals surface area contributed by atoms with Crippen LogP contribution in [0.4, 0.5) is 5.69 Å². The van der Waals surface area contributed by atoms with Crippen LogP contribution in [0.5, 0.6) is 5.75 Å². The lowest BCUT2D eigenvalue weighted by molar-refractivity contribution is -0.384. The van der Waals surface area contributed by atoms with Gasteiger partial charge in [-0.1, -0.05) is 0 Å². The smallest absolute Gasteiger partial charge is 0.269 e. The van der Waals surface area contributed by atoms with E-state index in [1.165, 1.54) is 36.6 Å². The number of non-ortho nitro benzene ring substituents is 1. The molecule has 0 amide bonds. The summed E-state index contributed by atoms with van der Waals surface area (Å²) in [5.74, 6) is -0.393. The third kappa shape index (κ3) is 2.64. The van der Waals surface area contributed by atoms with Crippen molar-refractivity contribution in [2.24, 2.45) is 0 Å². The Hall–Kier alpha value is -2.19. The van der Waals surface area contributed by atoms with Gasteiger partial charge in [0, 0.05) is 23.1 Å². The minimum atomic E-state index is -0.534. The zero-order valence-corrected chi connectivity index (χ0v) is 14.4. The Morgan fingerprint density at radius 3 is 2.43 bits per heavy atom. The van der Waals surface area contributed by atoms with E-state index in [9.17, 15) is 20.0 Å². The molecule has 0 spiro atoms. The third-order valence-corrected chi connectivity index (χ3v) is 5.40. The molecule has 1 N–H and O–H groups in total. The van der Waals surface area contributed by atoms with Crippen LogP contribution in [0.2, 0.25) is 0 Å². The van der Waals surface area contributed by atoms with Gasteiger partial charge in [0.25, 0.3) is 5.69 Å². The van der Waals surface area contributed by atoms with E-state index in [4.69, 9.17) is 4.42 Å². The first-order valence-corrected chi connectivity index (χ1v) is 7.86. The molecule has 0 unspecified atom stereocenters. The SMILES string of the molecule is O=C(c1ccc([N+](=O)[O-])cc1)c1coc2c(Br)c(Br)c(O)cc12. The first-order chi connectivity index (χ1) is 10.9. The first kappa shape index (κ1) is 15.7. The fourth-order valence-electron chi connectivity index (χ4n) is 2.16. The van der Waals surface area contributed by atoms with Gasteiger partial charge < -0.3 is 9.52 Å². The predicted octanol–water partition coefficient (Wildman–Crippen LogP) is 4.80. The van der Waals surface area contributed by atoms with Crippen molar-refractivity contribution < 1.29 is 19.2 Å². The van der Waals surface area contributed by atoms with E-state index in [1.807, 2.05) is 0 Å². The van der Waals surface area contributed by atoms with Crippen molar-refractivity contribution in [1.82, 2.24) is 0 Å². The molecule has 0 aliphatic heterocycles. The number of benzene rings is 2. The number of fused-ring (bicyclic) bond motifs is 1. The average Bonchev–Trinajstić information content (AvgIpc) is 2.95. The highest BCUT2D eigenvalue weighted by Crippen LogP contribution is 2.40. The van der Waals surface area contributed by atoms with Crippen LogP contribution in [-0.2, 0) is 0 Å². The van der Waals surface area contributed by atoms with E-state index in [-0.39, 0.29) is 28.3 Å². The number of hydrogen-bond donors (Lipinski definition) is 1. The number of nitro groups is 1. The Bertz CT molecular complexity index is 947. The molecule has 0 radical (unpaired) electrons. The number of aromatic hydroxyl groups is 1. The summed E-state index contributed by atoms with van der Waals surface area (Å²) in [5.41, 5.74) is 0.872. The maximum atomic E-state index is 12.6. The summed E-state index contributed by atoms with van der Waals surface area (Å²) in [6, 6.07) is 6.71. The van der Waals surface area contributed by atoms with E-state index in [1.54, 1.807) is 0 Å². The second kappa shape index (κ2) is 5.78. The minimum absolute atomic E-state index is 0.0384. The summed E-state index contributed by atoms with van der Waals surface area (Å²) in [6.45, 7) is 0.